The minimum absolute atomic E-state index is 0.608. The van der Waals surface area contributed by atoms with Crippen LogP contribution < -0.4 is 0 Å². The normalized spacial score (nSPS) is 11.9. The van der Waals surface area contributed by atoms with Gasteiger partial charge in [-0.25, -0.2) is 15.0 Å². The topological polar surface area (TPSA) is 56.7 Å². The monoisotopic (exact) mass is 714 g/mol. The van der Waals surface area contributed by atoms with Gasteiger partial charge in [0.25, 0.3) is 0 Å². The molecule has 0 fully saturated rings. The fourth-order valence-corrected chi connectivity index (χ4v) is 8.57. The number of hydrogen-bond acceptors (Lipinski definition) is 4. The summed E-state index contributed by atoms with van der Waals surface area (Å²) >= 11 is 0. The van der Waals surface area contributed by atoms with Crippen LogP contribution in [0.25, 0.3) is 116 Å². The van der Waals surface area contributed by atoms with Crippen molar-refractivity contribution in [1.82, 2.24) is 19.5 Å². The molecule has 56 heavy (non-hydrogen) atoms. The Morgan fingerprint density at radius 1 is 0.357 bits per heavy atom. The quantitative estimate of drug-likeness (QED) is 0.182. The third-order valence-electron chi connectivity index (χ3n) is 11.2. The van der Waals surface area contributed by atoms with E-state index in [-0.39, 0.29) is 0 Å². The predicted octanol–water partition coefficient (Wildman–Crippen LogP) is 13.3. The summed E-state index contributed by atoms with van der Waals surface area (Å²) in [6.45, 7) is 0. The molecule has 0 amide bonds. The van der Waals surface area contributed by atoms with Gasteiger partial charge < -0.3 is 8.98 Å². The van der Waals surface area contributed by atoms with Gasteiger partial charge in [0.15, 0.2) is 17.5 Å². The summed E-state index contributed by atoms with van der Waals surface area (Å²) in [6.07, 6.45) is 0. The van der Waals surface area contributed by atoms with Gasteiger partial charge in [-0.2, -0.15) is 0 Å². The summed E-state index contributed by atoms with van der Waals surface area (Å²) in [4.78, 5) is 15.0. The Balaban J connectivity index is 1.15. The lowest BCUT2D eigenvalue weighted by Gasteiger charge is -2.13. The van der Waals surface area contributed by atoms with Crippen LogP contribution in [-0.2, 0) is 0 Å². The average molecular weight is 715 g/mol. The van der Waals surface area contributed by atoms with Crippen molar-refractivity contribution in [3.05, 3.63) is 182 Å². The largest absolute Gasteiger partial charge is 0.455 e. The third kappa shape index (κ3) is 4.64. The first-order chi connectivity index (χ1) is 27.7. The Labute approximate surface area is 320 Å². The highest BCUT2D eigenvalue weighted by molar-refractivity contribution is 6.25. The van der Waals surface area contributed by atoms with E-state index >= 15 is 0 Å². The van der Waals surface area contributed by atoms with E-state index in [9.17, 15) is 0 Å². The number of benzene rings is 9. The molecule has 3 heterocycles. The average Bonchev–Trinajstić information content (AvgIpc) is 3.80. The Morgan fingerprint density at radius 3 is 1.66 bits per heavy atom. The van der Waals surface area contributed by atoms with Crippen LogP contribution in [0.1, 0.15) is 0 Å². The minimum atomic E-state index is 0.608. The molecule has 12 aromatic rings. The van der Waals surface area contributed by atoms with Gasteiger partial charge in [0, 0.05) is 49.0 Å². The summed E-state index contributed by atoms with van der Waals surface area (Å²) in [6, 6.07) is 63.9. The molecule has 9 aromatic carbocycles. The molecular formula is C51H30N4O. The van der Waals surface area contributed by atoms with Crippen LogP contribution in [-0.4, -0.2) is 19.5 Å². The summed E-state index contributed by atoms with van der Waals surface area (Å²) in [5.41, 5.74) is 7.87. The maximum atomic E-state index is 6.74. The van der Waals surface area contributed by atoms with E-state index in [2.05, 4.69) is 120 Å². The summed E-state index contributed by atoms with van der Waals surface area (Å²) < 4.78 is 9.20. The molecule has 12 rings (SSSR count). The summed E-state index contributed by atoms with van der Waals surface area (Å²) in [7, 11) is 0. The lowest BCUT2D eigenvalue weighted by molar-refractivity contribution is 0.672. The van der Waals surface area contributed by atoms with Crippen molar-refractivity contribution in [3.8, 4) is 39.9 Å². The van der Waals surface area contributed by atoms with Crippen LogP contribution in [0.3, 0.4) is 0 Å². The molecular weight excluding hydrogens is 685 g/mol. The molecule has 0 atom stereocenters. The molecule has 0 spiro atoms. The summed E-state index contributed by atoms with van der Waals surface area (Å²) in [5, 5.41) is 11.6. The standard InChI is InChI=1S/C51H30N4O/c1-3-14-32(15-4-1)49-52-50(33-16-5-2-6-17-33)54-51(53-49)36-24-26-46-40(28-36)41-30-45(38-21-11-12-22-39(38)48(41)56-46)55-43-25-23-31-13-9-10-20-37(31)47(43)42-27-34-18-7-8-19-35(34)29-44(42)55/h1-30H. The van der Waals surface area contributed by atoms with Gasteiger partial charge in [0.05, 0.1) is 16.7 Å². The Kier molecular flexibility index (Phi) is 6.56. The zero-order valence-corrected chi connectivity index (χ0v) is 30.0. The number of nitrogens with zero attached hydrogens (tertiary/aromatic N) is 4. The molecule has 3 aromatic heterocycles. The molecule has 0 N–H and O–H groups in total. The second-order valence-corrected chi connectivity index (χ2v) is 14.4. The van der Waals surface area contributed by atoms with E-state index in [1.807, 2.05) is 66.7 Å². The van der Waals surface area contributed by atoms with Gasteiger partial charge in [0.2, 0.25) is 0 Å². The molecule has 0 bridgehead atoms. The summed E-state index contributed by atoms with van der Waals surface area (Å²) in [5.74, 6) is 1.87. The van der Waals surface area contributed by atoms with E-state index in [0.717, 1.165) is 55.1 Å². The molecule has 0 saturated carbocycles. The molecule has 0 unspecified atom stereocenters. The maximum Gasteiger partial charge on any atom is 0.164 e. The Morgan fingerprint density at radius 2 is 0.946 bits per heavy atom. The highest BCUT2D eigenvalue weighted by Crippen LogP contribution is 2.44. The van der Waals surface area contributed by atoms with Gasteiger partial charge in [-0.05, 0) is 64.0 Å². The fraction of sp³-hybridized carbons (Fsp3) is 0. The molecule has 260 valence electrons. The zero-order chi connectivity index (χ0) is 36.7. The van der Waals surface area contributed by atoms with Crippen molar-refractivity contribution in [2.45, 2.75) is 0 Å². The number of rotatable bonds is 4. The van der Waals surface area contributed by atoms with E-state index in [1.165, 1.54) is 43.4 Å². The van der Waals surface area contributed by atoms with Crippen molar-refractivity contribution < 1.29 is 4.42 Å². The van der Waals surface area contributed by atoms with Crippen LogP contribution in [0, 0.1) is 0 Å². The Hall–Kier alpha value is -7.63. The SMILES string of the molecule is c1ccc(-c2nc(-c3ccccc3)nc(-c3ccc4oc5c6ccccc6c(-n6c7cc8ccccc8cc7c7c8ccccc8ccc76)cc5c4c3)n2)cc1. The van der Waals surface area contributed by atoms with Crippen LogP contribution >= 0.6 is 0 Å². The second kappa shape index (κ2) is 11.9. The first-order valence-corrected chi connectivity index (χ1v) is 18.9. The molecule has 0 aliphatic rings. The van der Waals surface area contributed by atoms with Gasteiger partial charge in [-0.1, -0.05) is 140 Å². The third-order valence-corrected chi connectivity index (χ3v) is 11.2. The van der Waals surface area contributed by atoms with E-state index in [1.54, 1.807) is 0 Å². The first kappa shape index (κ1) is 30.8. The first-order valence-electron chi connectivity index (χ1n) is 18.9. The second-order valence-electron chi connectivity index (χ2n) is 14.4. The van der Waals surface area contributed by atoms with Gasteiger partial charge in [0.1, 0.15) is 11.2 Å². The molecule has 5 nitrogen and oxygen atoms in total. The van der Waals surface area contributed by atoms with E-state index < -0.39 is 0 Å². The highest BCUT2D eigenvalue weighted by Gasteiger charge is 2.21. The number of fused-ring (bicyclic) bond motifs is 11. The van der Waals surface area contributed by atoms with Crippen molar-refractivity contribution in [2.24, 2.45) is 0 Å². The molecule has 0 aliphatic carbocycles. The smallest absolute Gasteiger partial charge is 0.164 e. The molecule has 0 aliphatic heterocycles. The lowest BCUT2D eigenvalue weighted by Crippen LogP contribution is -2.00. The van der Waals surface area contributed by atoms with Crippen LogP contribution in [0.15, 0.2) is 186 Å². The molecule has 0 radical (unpaired) electrons. The van der Waals surface area contributed by atoms with Gasteiger partial charge in [-0.15, -0.1) is 0 Å². The molecule has 5 heteroatoms. The van der Waals surface area contributed by atoms with Crippen LogP contribution in [0.4, 0.5) is 0 Å². The van der Waals surface area contributed by atoms with Gasteiger partial charge >= 0.3 is 0 Å². The van der Waals surface area contributed by atoms with E-state index in [4.69, 9.17) is 19.4 Å². The van der Waals surface area contributed by atoms with Crippen molar-refractivity contribution >= 4 is 76.1 Å². The van der Waals surface area contributed by atoms with Crippen molar-refractivity contribution in [3.63, 3.8) is 0 Å². The van der Waals surface area contributed by atoms with Gasteiger partial charge in [-0.3, -0.25) is 0 Å². The Bertz CT molecular complexity index is 3470. The zero-order valence-electron chi connectivity index (χ0n) is 30.0. The predicted molar refractivity (Wildman–Crippen MR) is 230 cm³/mol. The van der Waals surface area contributed by atoms with Crippen molar-refractivity contribution in [1.29, 1.82) is 0 Å². The minimum Gasteiger partial charge on any atom is -0.455 e. The number of hydrogen-bond donors (Lipinski definition) is 0. The van der Waals surface area contributed by atoms with Crippen molar-refractivity contribution in [2.75, 3.05) is 0 Å². The fourth-order valence-electron chi connectivity index (χ4n) is 8.57. The van der Waals surface area contributed by atoms with Crippen LogP contribution in [0.2, 0.25) is 0 Å². The highest BCUT2D eigenvalue weighted by atomic mass is 16.3. The number of aromatic nitrogens is 4. The number of furan rings is 1. The maximum absolute atomic E-state index is 6.74. The molecule has 0 saturated heterocycles. The van der Waals surface area contributed by atoms with E-state index in [0.29, 0.717) is 17.5 Å². The lowest BCUT2D eigenvalue weighted by atomic mass is 10.0. The van der Waals surface area contributed by atoms with Crippen LogP contribution in [0.5, 0.6) is 0 Å².